The van der Waals surface area contributed by atoms with Crippen molar-refractivity contribution in [1.82, 2.24) is 10.2 Å². The fourth-order valence-electron chi connectivity index (χ4n) is 3.20. The van der Waals surface area contributed by atoms with Crippen LogP contribution in [-0.4, -0.2) is 37.1 Å². The molecular formula is C21H27N3O. The molecule has 1 fully saturated rings. The van der Waals surface area contributed by atoms with E-state index in [-0.39, 0.29) is 6.03 Å². The molecule has 2 aromatic rings. The number of hydrogen-bond donors (Lipinski definition) is 1. The van der Waals surface area contributed by atoms with Crippen molar-refractivity contribution < 1.29 is 4.79 Å². The van der Waals surface area contributed by atoms with Crippen LogP contribution in [0.15, 0.2) is 42.5 Å². The van der Waals surface area contributed by atoms with E-state index in [0.29, 0.717) is 6.54 Å². The molecule has 1 N–H and O–H groups in total. The molecule has 1 aliphatic heterocycles. The standard InChI is InChI=1S/C21H27N3O/c1-16-5-4-6-19(13-16)15-22-21(25)24-11-9-23(10-12-24)20-8-7-17(2)18(3)14-20/h4-8,13-14H,9-12,15H2,1-3H3,(H,22,25). The van der Waals surface area contributed by atoms with Gasteiger partial charge in [0.1, 0.15) is 0 Å². The number of anilines is 1. The molecule has 0 radical (unpaired) electrons. The highest BCUT2D eigenvalue weighted by atomic mass is 16.2. The van der Waals surface area contributed by atoms with Gasteiger partial charge in [-0.3, -0.25) is 0 Å². The molecule has 1 aliphatic rings. The van der Waals surface area contributed by atoms with Gasteiger partial charge in [0, 0.05) is 38.4 Å². The van der Waals surface area contributed by atoms with E-state index in [9.17, 15) is 4.79 Å². The second-order valence-corrected chi connectivity index (χ2v) is 6.89. The summed E-state index contributed by atoms with van der Waals surface area (Å²) < 4.78 is 0. The summed E-state index contributed by atoms with van der Waals surface area (Å²) in [4.78, 5) is 16.7. The molecule has 0 spiro atoms. The minimum atomic E-state index is 0.0289. The summed E-state index contributed by atoms with van der Waals surface area (Å²) in [5.74, 6) is 0. The molecule has 1 heterocycles. The lowest BCUT2D eigenvalue weighted by Crippen LogP contribution is -2.51. The van der Waals surface area contributed by atoms with E-state index < -0.39 is 0 Å². The van der Waals surface area contributed by atoms with E-state index in [1.165, 1.54) is 22.4 Å². The molecule has 1 saturated heterocycles. The number of nitrogens with zero attached hydrogens (tertiary/aromatic N) is 2. The number of carbonyl (C=O) groups is 1. The molecule has 2 aromatic carbocycles. The number of urea groups is 1. The Kier molecular flexibility index (Phi) is 5.27. The lowest BCUT2D eigenvalue weighted by atomic mass is 10.1. The first-order valence-electron chi connectivity index (χ1n) is 8.93. The Morgan fingerprint density at radius 2 is 1.72 bits per heavy atom. The van der Waals surface area contributed by atoms with Crippen LogP contribution in [0.2, 0.25) is 0 Å². The Morgan fingerprint density at radius 1 is 0.960 bits per heavy atom. The zero-order chi connectivity index (χ0) is 17.8. The summed E-state index contributed by atoms with van der Waals surface area (Å²) in [6, 6.07) is 14.9. The Bertz CT molecular complexity index is 749. The molecule has 3 rings (SSSR count). The van der Waals surface area contributed by atoms with E-state index in [1.807, 2.05) is 17.0 Å². The van der Waals surface area contributed by atoms with Gasteiger partial charge >= 0.3 is 6.03 Å². The van der Waals surface area contributed by atoms with Crippen molar-refractivity contribution in [2.24, 2.45) is 0 Å². The molecule has 0 atom stereocenters. The number of nitrogens with one attached hydrogen (secondary N) is 1. The lowest BCUT2D eigenvalue weighted by Gasteiger charge is -2.36. The third-order valence-electron chi connectivity index (χ3n) is 4.95. The highest BCUT2D eigenvalue weighted by Crippen LogP contribution is 2.20. The summed E-state index contributed by atoms with van der Waals surface area (Å²) in [6.45, 7) is 10.2. The van der Waals surface area contributed by atoms with E-state index in [1.54, 1.807) is 0 Å². The zero-order valence-electron chi connectivity index (χ0n) is 15.4. The molecule has 0 saturated carbocycles. The number of hydrogen-bond acceptors (Lipinski definition) is 2. The molecule has 4 nitrogen and oxygen atoms in total. The van der Waals surface area contributed by atoms with Crippen LogP contribution < -0.4 is 10.2 Å². The van der Waals surface area contributed by atoms with Crippen LogP contribution >= 0.6 is 0 Å². The van der Waals surface area contributed by atoms with Crippen molar-refractivity contribution in [2.45, 2.75) is 27.3 Å². The van der Waals surface area contributed by atoms with Crippen molar-refractivity contribution in [2.75, 3.05) is 31.1 Å². The second kappa shape index (κ2) is 7.60. The Hall–Kier alpha value is -2.49. The van der Waals surface area contributed by atoms with Crippen molar-refractivity contribution in [3.05, 3.63) is 64.7 Å². The Balaban J connectivity index is 1.51. The van der Waals surface area contributed by atoms with Crippen LogP contribution in [0.4, 0.5) is 10.5 Å². The average molecular weight is 337 g/mol. The number of aryl methyl sites for hydroxylation is 3. The smallest absolute Gasteiger partial charge is 0.317 e. The van der Waals surface area contributed by atoms with E-state index in [0.717, 1.165) is 31.7 Å². The fourth-order valence-corrected chi connectivity index (χ4v) is 3.20. The molecule has 0 aromatic heterocycles. The molecule has 0 unspecified atom stereocenters. The highest BCUT2D eigenvalue weighted by molar-refractivity contribution is 5.74. The maximum Gasteiger partial charge on any atom is 0.317 e. The van der Waals surface area contributed by atoms with Crippen LogP contribution in [0.25, 0.3) is 0 Å². The van der Waals surface area contributed by atoms with Gasteiger partial charge in [0.2, 0.25) is 0 Å². The topological polar surface area (TPSA) is 35.6 Å². The van der Waals surface area contributed by atoms with Gasteiger partial charge in [-0.25, -0.2) is 4.79 Å². The maximum atomic E-state index is 12.4. The zero-order valence-corrected chi connectivity index (χ0v) is 15.4. The van der Waals surface area contributed by atoms with Crippen molar-refractivity contribution in [1.29, 1.82) is 0 Å². The third kappa shape index (κ3) is 4.32. The van der Waals surface area contributed by atoms with Gasteiger partial charge in [0.15, 0.2) is 0 Å². The summed E-state index contributed by atoms with van der Waals surface area (Å²) in [5.41, 5.74) is 6.24. The van der Waals surface area contributed by atoms with Crippen LogP contribution in [0.3, 0.4) is 0 Å². The van der Waals surface area contributed by atoms with Crippen LogP contribution in [0.1, 0.15) is 22.3 Å². The van der Waals surface area contributed by atoms with Crippen LogP contribution in [-0.2, 0) is 6.54 Å². The molecule has 4 heteroatoms. The third-order valence-corrected chi connectivity index (χ3v) is 4.95. The van der Waals surface area contributed by atoms with Gasteiger partial charge in [-0.05, 0) is 49.6 Å². The van der Waals surface area contributed by atoms with Crippen LogP contribution in [0.5, 0.6) is 0 Å². The first-order chi connectivity index (χ1) is 12.0. The van der Waals surface area contributed by atoms with Gasteiger partial charge < -0.3 is 15.1 Å². The first kappa shape index (κ1) is 17.3. The Morgan fingerprint density at radius 3 is 2.40 bits per heavy atom. The van der Waals surface area contributed by atoms with Crippen LogP contribution in [0, 0.1) is 20.8 Å². The molecule has 132 valence electrons. The highest BCUT2D eigenvalue weighted by Gasteiger charge is 2.21. The minimum Gasteiger partial charge on any atom is -0.368 e. The number of amides is 2. The predicted molar refractivity (Wildman–Crippen MR) is 103 cm³/mol. The molecule has 0 bridgehead atoms. The van der Waals surface area contributed by atoms with E-state index in [2.05, 4.69) is 61.3 Å². The van der Waals surface area contributed by atoms with Gasteiger partial charge in [-0.1, -0.05) is 35.9 Å². The molecule has 2 amide bonds. The normalized spacial score (nSPS) is 14.5. The quantitative estimate of drug-likeness (QED) is 0.928. The largest absolute Gasteiger partial charge is 0.368 e. The van der Waals surface area contributed by atoms with Gasteiger partial charge in [0.05, 0.1) is 0 Å². The van der Waals surface area contributed by atoms with Gasteiger partial charge in [-0.2, -0.15) is 0 Å². The number of benzene rings is 2. The number of rotatable bonds is 3. The maximum absolute atomic E-state index is 12.4. The fraction of sp³-hybridized carbons (Fsp3) is 0.381. The summed E-state index contributed by atoms with van der Waals surface area (Å²) in [6.07, 6.45) is 0. The SMILES string of the molecule is Cc1cccc(CNC(=O)N2CCN(c3ccc(C)c(C)c3)CC2)c1. The van der Waals surface area contributed by atoms with Crippen molar-refractivity contribution in [3.8, 4) is 0 Å². The summed E-state index contributed by atoms with van der Waals surface area (Å²) >= 11 is 0. The number of carbonyl (C=O) groups excluding carboxylic acids is 1. The van der Waals surface area contributed by atoms with Crippen molar-refractivity contribution in [3.63, 3.8) is 0 Å². The summed E-state index contributed by atoms with van der Waals surface area (Å²) in [5, 5.41) is 3.04. The second-order valence-electron chi connectivity index (χ2n) is 6.89. The minimum absolute atomic E-state index is 0.0289. The van der Waals surface area contributed by atoms with Gasteiger partial charge in [-0.15, -0.1) is 0 Å². The van der Waals surface area contributed by atoms with Crippen molar-refractivity contribution >= 4 is 11.7 Å². The predicted octanol–water partition coefficient (Wildman–Crippen LogP) is 3.64. The number of piperazine rings is 1. The van der Waals surface area contributed by atoms with E-state index >= 15 is 0 Å². The molecule has 0 aliphatic carbocycles. The molecular weight excluding hydrogens is 310 g/mol. The average Bonchev–Trinajstić information content (AvgIpc) is 2.62. The first-order valence-corrected chi connectivity index (χ1v) is 8.93. The van der Waals surface area contributed by atoms with Gasteiger partial charge in [0.25, 0.3) is 0 Å². The molecule has 25 heavy (non-hydrogen) atoms. The van der Waals surface area contributed by atoms with E-state index in [4.69, 9.17) is 0 Å². The Labute approximate surface area is 150 Å². The summed E-state index contributed by atoms with van der Waals surface area (Å²) in [7, 11) is 0. The lowest BCUT2D eigenvalue weighted by molar-refractivity contribution is 0.194. The monoisotopic (exact) mass is 337 g/mol.